The van der Waals surface area contributed by atoms with E-state index in [0.29, 0.717) is 13.0 Å². The summed E-state index contributed by atoms with van der Waals surface area (Å²) in [6, 6.07) is 14.1. The van der Waals surface area contributed by atoms with Crippen molar-refractivity contribution in [3.8, 4) is 0 Å². The van der Waals surface area contributed by atoms with Crippen molar-refractivity contribution in [1.29, 1.82) is 0 Å². The molecule has 1 atom stereocenters. The maximum Gasteiger partial charge on any atom is 0.254 e. The summed E-state index contributed by atoms with van der Waals surface area (Å²) in [6.45, 7) is 5.98. The summed E-state index contributed by atoms with van der Waals surface area (Å²) in [5.41, 5.74) is 3.52. The molecule has 1 unspecified atom stereocenters. The van der Waals surface area contributed by atoms with Crippen molar-refractivity contribution >= 4 is 28.4 Å². The molecule has 0 bridgehead atoms. The van der Waals surface area contributed by atoms with E-state index in [1.165, 1.54) is 17.1 Å². The molecule has 1 N–H and O–H groups in total. The van der Waals surface area contributed by atoms with Gasteiger partial charge >= 0.3 is 0 Å². The minimum absolute atomic E-state index is 0.320. The highest BCUT2D eigenvalue weighted by atomic mass is 16.2. The van der Waals surface area contributed by atoms with Gasteiger partial charge in [0.05, 0.1) is 5.52 Å². The summed E-state index contributed by atoms with van der Waals surface area (Å²) in [6.07, 6.45) is 6.12. The van der Waals surface area contributed by atoms with Crippen LogP contribution in [-0.2, 0) is 28.1 Å². The van der Waals surface area contributed by atoms with Gasteiger partial charge in [0.15, 0.2) is 0 Å². The lowest BCUT2D eigenvalue weighted by Crippen LogP contribution is -2.52. The Hall–Kier alpha value is -3.71. The predicted octanol–water partition coefficient (Wildman–Crippen LogP) is 3.31. The van der Waals surface area contributed by atoms with E-state index in [1.54, 1.807) is 0 Å². The number of benzene rings is 2. The van der Waals surface area contributed by atoms with Crippen molar-refractivity contribution in [3.63, 3.8) is 0 Å². The minimum atomic E-state index is -1.06. The molecule has 174 valence electrons. The highest BCUT2D eigenvalue weighted by Crippen LogP contribution is 2.49. The summed E-state index contributed by atoms with van der Waals surface area (Å²) >= 11 is 0. The number of anilines is 1. The average molecular weight is 456 g/mol. The van der Waals surface area contributed by atoms with E-state index in [-0.39, 0.29) is 11.8 Å². The third-order valence-electron chi connectivity index (χ3n) is 6.68. The van der Waals surface area contributed by atoms with Crippen LogP contribution in [0.1, 0.15) is 23.2 Å². The van der Waals surface area contributed by atoms with Gasteiger partial charge in [-0.1, -0.05) is 36.4 Å². The number of aromatic nitrogens is 2. The molecule has 7 nitrogen and oxygen atoms in total. The van der Waals surface area contributed by atoms with Crippen molar-refractivity contribution in [2.45, 2.75) is 24.9 Å². The van der Waals surface area contributed by atoms with Crippen LogP contribution in [0.15, 0.2) is 67.3 Å². The topological polar surface area (TPSA) is 70.5 Å². The molecule has 3 aromatic rings. The predicted molar refractivity (Wildman–Crippen MR) is 134 cm³/mol. The Morgan fingerprint density at radius 2 is 1.88 bits per heavy atom. The standard InChI is InChI=1S/C27H29N5O2/c1-4-9-19-10-7-12-21-25(19)27(18-28-21,32-23(33)14-15-24(32)34)26-20-11-5-6-13-22(20)31(29-26)17-8-16-30(2)3/h4-7,10-15,28H,1,8-9,16-18H2,2-3H3. The zero-order chi connectivity index (χ0) is 23.9. The number of rotatable bonds is 8. The fourth-order valence-corrected chi connectivity index (χ4v) is 5.29. The van der Waals surface area contributed by atoms with Gasteiger partial charge < -0.3 is 10.2 Å². The Labute approximate surface area is 199 Å². The number of amides is 2. The first kappa shape index (κ1) is 22.1. The van der Waals surface area contributed by atoms with Crippen LogP contribution >= 0.6 is 0 Å². The minimum Gasteiger partial charge on any atom is -0.382 e. The van der Waals surface area contributed by atoms with E-state index < -0.39 is 5.54 Å². The van der Waals surface area contributed by atoms with Crippen molar-refractivity contribution < 1.29 is 9.59 Å². The van der Waals surface area contributed by atoms with Crippen LogP contribution in [0.5, 0.6) is 0 Å². The van der Waals surface area contributed by atoms with Crippen LogP contribution in [0.3, 0.4) is 0 Å². The lowest BCUT2D eigenvalue weighted by Gasteiger charge is -2.37. The number of imide groups is 1. The quantitative estimate of drug-likeness (QED) is 0.417. The normalized spacial score (nSPS) is 19.3. The van der Waals surface area contributed by atoms with Crippen molar-refractivity contribution in [2.24, 2.45) is 0 Å². The van der Waals surface area contributed by atoms with Gasteiger partial charge in [-0.2, -0.15) is 5.10 Å². The molecular weight excluding hydrogens is 426 g/mol. The van der Waals surface area contributed by atoms with Crippen LogP contribution in [0.2, 0.25) is 0 Å². The Kier molecular flexibility index (Phi) is 5.57. The average Bonchev–Trinajstić information content (AvgIpc) is 3.49. The zero-order valence-corrected chi connectivity index (χ0v) is 19.6. The number of carbonyl (C=O) groups is 2. The second kappa shape index (κ2) is 8.57. The summed E-state index contributed by atoms with van der Waals surface area (Å²) in [4.78, 5) is 29.8. The number of hydrogen-bond donors (Lipinski definition) is 1. The van der Waals surface area contributed by atoms with E-state index in [9.17, 15) is 9.59 Å². The first-order valence-corrected chi connectivity index (χ1v) is 11.6. The van der Waals surface area contributed by atoms with Gasteiger partial charge in [-0.25, -0.2) is 0 Å². The molecule has 5 rings (SSSR count). The highest BCUT2D eigenvalue weighted by Gasteiger charge is 2.54. The molecule has 0 radical (unpaired) electrons. The van der Waals surface area contributed by atoms with Crippen LogP contribution in [-0.4, -0.2) is 58.6 Å². The fraction of sp³-hybridized carbons (Fsp3) is 0.296. The van der Waals surface area contributed by atoms with Crippen molar-refractivity contribution in [1.82, 2.24) is 19.6 Å². The third-order valence-corrected chi connectivity index (χ3v) is 6.68. The number of aryl methyl sites for hydroxylation is 1. The third kappa shape index (κ3) is 3.35. The van der Waals surface area contributed by atoms with Crippen molar-refractivity contribution in [3.05, 3.63) is 84.1 Å². The molecule has 0 spiro atoms. The number of para-hydroxylation sites is 1. The Morgan fingerprint density at radius 1 is 1.12 bits per heavy atom. The van der Waals surface area contributed by atoms with Gasteiger partial charge in [0.2, 0.25) is 0 Å². The van der Waals surface area contributed by atoms with Gasteiger partial charge in [0.1, 0.15) is 11.2 Å². The maximum absolute atomic E-state index is 13.1. The second-order valence-electron chi connectivity index (χ2n) is 9.14. The van der Waals surface area contributed by atoms with Gasteiger partial charge in [-0.3, -0.25) is 19.2 Å². The molecule has 2 amide bonds. The Bertz CT molecular complexity index is 1300. The molecule has 2 aromatic carbocycles. The number of hydrogen-bond acceptors (Lipinski definition) is 5. The number of nitrogens with zero attached hydrogens (tertiary/aromatic N) is 4. The van der Waals surface area contributed by atoms with Gasteiger partial charge in [0.25, 0.3) is 11.8 Å². The molecule has 0 saturated heterocycles. The molecule has 34 heavy (non-hydrogen) atoms. The second-order valence-corrected chi connectivity index (χ2v) is 9.14. The lowest BCUT2D eigenvalue weighted by molar-refractivity contribution is -0.142. The Morgan fingerprint density at radius 3 is 2.62 bits per heavy atom. The largest absolute Gasteiger partial charge is 0.382 e. The van der Waals surface area contributed by atoms with E-state index >= 15 is 0 Å². The van der Waals surface area contributed by atoms with Crippen molar-refractivity contribution in [2.75, 3.05) is 32.5 Å². The maximum atomic E-state index is 13.1. The van der Waals surface area contributed by atoms with Gasteiger partial charge in [0, 0.05) is 41.9 Å². The van der Waals surface area contributed by atoms with Crippen LogP contribution in [0, 0.1) is 0 Å². The van der Waals surface area contributed by atoms with Gasteiger partial charge in [-0.15, -0.1) is 6.58 Å². The molecule has 7 heteroatoms. The van der Waals surface area contributed by atoms with E-state index in [0.717, 1.165) is 52.9 Å². The molecule has 0 saturated carbocycles. The SMILES string of the molecule is C=CCc1cccc2c1C(c1nn(CCCN(C)C)c3ccccc13)(N1C(=O)C=CC1=O)CN2. The molecule has 0 aliphatic carbocycles. The first-order valence-electron chi connectivity index (χ1n) is 11.6. The number of fused-ring (bicyclic) bond motifs is 2. The summed E-state index contributed by atoms with van der Waals surface area (Å²) in [5, 5.41) is 9.53. The first-order chi connectivity index (χ1) is 16.5. The molecule has 2 aliphatic heterocycles. The molecular formula is C27H29N5O2. The Balaban J connectivity index is 1.77. The van der Waals surface area contributed by atoms with E-state index in [1.807, 2.05) is 47.2 Å². The monoisotopic (exact) mass is 455 g/mol. The molecule has 3 heterocycles. The number of nitrogens with one attached hydrogen (secondary N) is 1. The van der Waals surface area contributed by atoms with E-state index in [4.69, 9.17) is 5.10 Å². The summed E-state index contributed by atoms with van der Waals surface area (Å²) in [7, 11) is 4.11. The summed E-state index contributed by atoms with van der Waals surface area (Å²) < 4.78 is 2.02. The fourth-order valence-electron chi connectivity index (χ4n) is 5.29. The lowest BCUT2D eigenvalue weighted by atomic mass is 9.81. The van der Waals surface area contributed by atoms with Crippen LogP contribution in [0.4, 0.5) is 5.69 Å². The van der Waals surface area contributed by atoms with E-state index in [2.05, 4.69) is 37.0 Å². The molecule has 0 fully saturated rings. The van der Waals surface area contributed by atoms with Gasteiger partial charge in [-0.05, 0) is 51.2 Å². The van der Waals surface area contributed by atoms with Crippen LogP contribution in [0.25, 0.3) is 10.9 Å². The highest BCUT2D eigenvalue weighted by molar-refractivity contribution is 6.14. The van der Waals surface area contributed by atoms with Crippen LogP contribution < -0.4 is 5.32 Å². The smallest absolute Gasteiger partial charge is 0.254 e. The molecule has 1 aromatic heterocycles. The number of allylic oxidation sites excluding steroid dienone is 1. The molecule has 2 aliphatic rings. The number of carbonyl (C=O) groups excluding carboxylic acids is 2. The zero-order valence-electron chi connectivity index (χ0n) is 19.6. The summed E-state index contributed by atoms with van der Waals surface area (Å²) in [5.74, 6) is -0.640.